The average molecular weight is 488 g/mol. The van der Waals surface area contributed by atoms with Crippen LogP contribution in [0.1, 0.15) is 43.9 Å². The molecule has 0 aromatic heterocycles. The molecule has 1 saturated heterocycles. The highest BCUT2D eigenvalue weighted by Crippen LogP contribution is 2.13. The van der Waals surface area contributed by atoms with Crippen LogP contribution in [0.3, 0.4) is 0 Å². The van der Waals surface area contributed by atoms with Crippen LogP contribution in [-0.4, -0.2) is 48.7 Å². The van der Waals surface area contributed by atoms with Gasteiger partial charge in [0.2, 0.25) is 0 Å². The third kappa shape index (κ3) is 7.56. The topological polar surface area (TPSA) is 66.0 Å². The van der Waals surface area contributed by atoms with E-state index in [1.807, 2.05) is 20.8 Å². The van der Waals surface area contributed by atoms with Crippen molar-refractivity contribution in [2.75, 3.05) is 20.1 Å². The Hall–Kier alpha value is -1.51. The van der Waals surface area contributed by atoms with Gasteiger partial charge in [0.15, 0.2) is 5.96 Å². The predicted molar refractivity (Wildman–Crippen MR) is 121 cm³/mol. The van der Waals surface area contributed by atoms with Crippen molar-refractivity contribution in [2.45, 2.75) is 59.2 Å². The van der Waals surface area contributed by atoms with Crippen molar-refractivity contribution in [1.29, 1.82) is 0 Å². The van der Waals surface area contributed by atoms with Crippen LogP contribution in [0, 0.1) is 13.8 Å². The molecule has 1 aromatic carbocycles. The Morgan fingerprint density at radius 1 is 1.33 bits per heavy atom. The standard InChI is InChI=1S/C20H32N4O2.HI/c1-14-7-8-16(15(2)11-14)12-22-18(21-6)24-10-9-17(13-24)23-19(25)26-20(3,4)5;/h7-8,11,17H,9-10,12-13H2,1-6H3,(H,21,22)(H,23,25);1H. The number of nitrogens with zero attached hydrogens (tertiary/aromatic N) is 2. The molecule has 1 aliphatic heterocycles. The lowest BCUT2D eigenvalue weighted by Crippen LogP contribution is -2.44. The van der Waals surface area contributed by atoms with Crippen molar-refractivity contribution in [1.82, 2.24) is 15.5 Å². The lowest BCUT2D eigenvalue weighted by atomic mass is 10.1. The maximum Gasteiger partial charge on any atom is 0.407 e. The lowest BCUT2D eigenvalue weighted by Gasteiger charge is -2.23. The minimum Gasteiger partial charge on any atom is -0.444 e. The number of benzene rings is 1. The summed E-state index contributed by atoms with van der Waals surface area (Å²) in [4.78, 5) is 18.5. The van der Waals surface area contributed by atoms with Crippen LogP contribution in [0.2, 0.25) is 0 Å². The number of hydrogen-bond donors (Lipinski definition) is 2. The number of ether oxygens (including phenoxy) is 1. The molecule has 7 heteroatoms. The number of halogens is 1. The summed E-state index contributed by atoms with van der Waals surface area (Å²) in [5.41, 5.74) is 3.33. The van der Waals surface area contributed by atoms with Crippen molar-refractivity contribution in [3.63, 3.8) is 0 Å². The Bertz CT molecular complexity index is 670. The number of amides is 1. The minimum atomic E-state index is -0.480. The molecule has 6 nitrogen and oxygen atoms in total. The molecular weight excluding hydrogens is 455 g/mol. The predicted octanol–water partition coefficient (Wildman–Crippen LogP) is 3.60. The summed E-state index contributed by atoms with van der Waals surface area (Å²) >= 11 is 0. The fourth-order valence-electron chi connectivity index (χ4n) is 3.10. The van der Waals surface area contributed by atoms with E-state index in [1.165, 1.54) is 16.7 Å². The number of rotatable bonds is 3. The third-order valence-corrected chi connectivity index (χ3v) is 4.36. The smallest absolute Gasteiger partial charge is 0.407 e. The first-order valence-corrected chi connectivity index (χ1v) is 9.19. The molecular formula is C20H33IN4O2. The second kappa shape index (κ2) is 10.1. The second-order valence-corrected chi connectivity index (χ2v) is 7.91. The molecule has 0 radical (unpaired) electrons. The summed E-state index contributed by atoms with van der Waals surface area (Å²) < 4.78 is 5.34. The number of hydrogen-bond acceptors (Lipinski definition) is 3. The molecule has 0 bridgehead atoms. The number of aryl methyl sites for hydroxylation is 2. The van der Waals surface area contributed by atoms with Gasteiger partial charge in [-0.1, -0.05) is 23.8 Å². The van der Waals surface area contributed by atoms with Gasteiger partial charge < -0.3 is 20.3 Å². The minimum absolute atomic E-state index is 0. The SMILES string of the molecule is CN=C(NCc1ccc(C)cc1C)N1CCC(NC(=O)OC(C)(C)C)C1.I. The summed E-state index contributed by atoms with van der Waals surface area (Å²) in [6.07, 6.45) is 0.520. The van der Waals surface area contributed by atoms with E-state index in [9.17, 15) is 4.79 Å². The highest BCUT2D eigenvalue weighted by atomic mass is 127. The molecule has 1 unspecified atom stereocenters. The van der Waals surface area contributed by atoms with Crippen LogP contribution in [0.5, 0.6) is 0 Å². The van der Waals surface area contributed by atoms with E-state index in [-0.39, 0.29) is 36.1 Å². The van der Waals surface area contributed by atoms with Crippen molar-refractivity contribution in [2.24, 2.45) is 4.99 Å². The van der Waals surface area contributed by atoms with Crippen LogP contribution in [0.25, 0.3) is 0 Å². The van der Waals surface area contributed by atoms with Gasteiger partial charge in [0.25, 0.3) is 0 Å². The molecule has 1 fully saturated rings. The van der Waals surface area contributed by atoms with E-state index in [4.69, 9.17) is 4.74 Å². The molecule has 1 heterocycles. The molecule has 2 N–H and O–H groups in total. The zero-order chi connectivity index (χ0) is 19.3. The number of carbonyl (C=O) groups is 1. The molecule has 1 amide bonds. The Kier molecular flexibility index (Phi) is 8.84. The highest BCUT2D eigenvalue weighted by Gasteiger charge is 2.27. The molecule has 0 saturated carbocycles. The Labute approximate surface area is 180 Å². The normalized spacial score (nSPS) is 17.3. The zero-order valence-corrected chi connectivity index (χ0v) is 19.6. The molecule has 1 aromatic rings. The van der Waals surface area contributed by atoms with Crippen molar-refractivity contribution >= 4 is 36.0 Å². The molecule has 0 aliphatic carbocycles. The van der Waals surface area contributed by atoms with Gasteiger partial charge in [0, 0.05) is 26.7 Å². The van der Waals surface area contributed by atoms with E-state index >= 15 is 0 Å². The fraction of sp³-hybridized carbons (Fsp3) is 0.600. The molecule has 152 valence electrons. The quantitative estimate of drug-likeness (QED) is 0.388. The fourth-order valence-corrected chi connectivity index (χ4v) is 3.10. The lowest BCUT2D eigenvalue weighted by molar-refractivity contribution is 0.0507. The molecule has 1 atom stereocenters. The van der Waals surface area contributed by atoms with Crippen LogP contribution in [0.15, 0.2) is 23.2 Å². The van der Waals surface area contributed by atoms with E-state index in [0.717, 1.165) is 32.0 Å². The van der Waals surface area contributed by atoms with Gasteiger partial charge >= 0.3 is 6.09 Å². The summed E-state index contributed by atoms with van der Waals surface area (Å²) in [6, 6.07) is 6.55. The Morgan fingerprint density at radius 3 is 2.63 bits per heavy atom. The highest BCUT2D eigenvalue weighted by molar-refractivity contribution is 14.0. The van der Waals surface area contributed by atoms with Gasteiger partial charge in [-0.05, 0) is 52.2 Å². The maximum atomic E-state index is 11.9. The second-order valence-electron chi connectivity index (χ2n) is 7.91. The average Bonchev–Trinajstić information content (AvgIpc) is 2.96. The first kappa shape index (κ1) is 23.5. The molecule has 27 heavy (non-hydrogen) atoms. The summed E-state index contributed by atoms with van der Waals surface area (Å²) in [5, 5.41) is 6.38. The van der Waals surface area contributed by atoms with Crippen LogP contribution < -0.4 is 10.6 Å². The monoisotopic (exact) mass is 488 g/mol. The van der Waals surface area contributed by atoms with Gasteiger partial charge in [-0.2, -0.15) is 0 Å². The Morgan fingerprint density at radius 2 is 2.04 bits per heavy atom. The van der Waals surface area contributed by atoms with Gasteiger partial charge in [0.1, 0.15) is 5.60 Å². The number of aliphatic imine (C=N–C) groups is 1. The molecule has 1 aliphatic rings. The molecule has 2 rings (SSSR count). The number of guanidine groups is 1. The van der Waals surface area contributed by atoms with Crippen LogP contribution in [-0.2, 0) is 11.3 Å². The summed E-state index contributed by atoms with van der Waals surface area (Å²) in [5.74, 6) is 0.860. The van der Waals surface area contributed by atoms with Crippen molar-refractivity contribution in [3.8, 4) is 0 Å². The van der Waals surface area contributed by atoms with E-state index in [2.05, 4.69) is 52.6 Å². The van der Waals surface area contributed by atoms with Crippen LogP contribution >= 0.6 is 24.0 Å². The summed E-state index contributed by atoms with van der Waals surface area (Å²) in [7, 11) is 1.79. The summed E-state index contributed by atoms with van der Waals surface area (Å²) in [6.45, 7) is 12.2. The van der Waals surface area contributed by atoms with Gasteiger partial charge in [-0.25, -0.2) is 4.79 Å². The number of alkyl carbamates (subject to hydrolysis) is 1. The zero-order valence-electron chi connectivity index (χ0n) is 17.3. The molecule has 0 spiro atoms. The van der Waals surface area contributed by atoms with E-state index in [1.54, 1.807) is 7.05 Å². The van der Waals surface area contributed by atoms with Gasteiger partial charge in [0.05, 0.1) is 6.04 Å². The van der Waals surface area contributed by atoms with E-state index < -0.39 is 5.60 Å². The van der Waals surface area contributed by atoms with Crippen LogP contribution in [0.4, 0.5) is 4.79 Å². The maximum absolute atomic E-state index is 11.9. The Balaban J connectivity index is 0.00000364. The van der Waals surface area contributed by atoms with Crippen molar-refractivity contribution < 1.29 is 9.53 Å². The first-order valence-electron chi connectivity index (χ1n) is 9.19. The van der Waals surface area contributed by atoms with Gasteiger partial charge in [-0.15, -0.1) is 24.0 Å². The van der Waals surface area contributed by atoms with Crippen molar-refractivity contribution in [3.05, 3.63) is 34.9 Å². The van der Waals surface area contributed by atoms with Gasteiger partial charge in [-0.3, -0.25) is 4.99 Å². The number of carbonyl (C=O) groups excluding carboxylic acids is 1. The number of likely N-dealkylation sites (tertiary alicyclic amines) is 1. The largest absolute Gasteiger partial charge is 0.444 e. The third-order valence-electron chi connectivity index (χ3n) is 4.36. The first-order chi connectivity index (χ1) is 12.2. The van der Waals surface area contributed by atoms with E-state index in [0.29, 0.717) is 0 Å². The number of nitrogens with one attached hydrogen (secondary N) is 2.